The van der Waals surface area contributed by atoms with E-state index in [0.29, 0.717) is 0 Å². The Labute approximate surface area is 172 Å². The number of hydrogen-bond donors (Lipinski definition) is 4. The largest absolute Gasteiger partial charge is 0.480 e. The van der Waals surface area contributed by atoms with E-state index in [1.807, 2.05) is 48.5 Å². The van der Waals surface area contributed by atoms with Crippen molar-refractivity contribution in [3.8, 4) is 11.1 Å². The monoisotopic (exact) mass is 417 g/mol. The van der Waals surface area contributed by atoms with E-state index in [-0.39, 0.29) is 24.0 Å². The second-order valence-electron chi connectivity index (χ2n) is 6.73. The average molecular weight is 417 g/mol. The van der Waals surface area contributed by atoms with Gasteiger partial charge in [-0.1, -0.05) is 48.5 Å². The second kappa shape index (κ2) is 9.78. The first-order valence-corrected chi connectivity index (χ1v) is 10.4. The number of alkyl carbamates (subject to hydrolysis) is 1. The molecule has 1 unspecified atom stereocenters. The molecule has 1 aliphatic carbocycles. The summed E-state index contributed by atoms with van der Waals surface area (Å²) >= 11 is 1.13. The summed E-state index contributed by atoms with van der Waals surface area (Å²) < 4.78 is 5.36. The van der Waals surface area contributed by atoms with Crippen LogP contribution >= 0.6 is 11.8 Å². The molecule has 7 nitrogen and oxygen atoms in total. The lowest BCUT2D eigenvalue weighted by molar-refractivity contribution is -0.138. The molecule has 0 fully saturated rings. The number of thioether (sulfide) groups is 1. The summed E-state index contributed by atoms with van der Waals surface area (Å²) in [5, 5.41) is 29.8. The highest BCUT2D eigenvalue weighted by Gasteiger charge is 2.29. The minimum absolute atomic E-state index is 0.0522. The minimum Gasteiger partial charge on any atom is -0.480 e. The maximum atomic E-state index is 12.2. The summed E-state index contributed by atoms with van der Waals surface area (Å²) in [6.45, 7) is -0.298. The molecule has 1 amide bonds. The number of hydrogen-bond acceptors (Lipinski definition) is 6. The van der Waals surface area contributed by atoms with E-state index in [4.69, 9.17) is 9.84 Å². The fourth-order valence-corrected chi connectivity index (χ4v) is 4.31. The SMILES string of the molecule is O=C(NC(CSC[C@H](O)CO)C(=O)O)OCC1c2ccccc2-c2ccccc21. The van der Waals surface area contributed by atoms with Crippen LogP contribution in [0.15, 0.2) is 48.5 Å². The molecule has 0 saturated carbocycles. The third kappa shape index (κ3) is 5.09. The number of amides is 1. The number of rotatable bonds is 9. The van der Waals surface area contributed by atoms with Gasteiger partial charge in [0.1, 0.15) is 12.6 Å². The molecule has 0 heterocycles. The molecule has 154 valence electrons. The van der Waals surface area contributed by atoms with Crippen LogP contribution in [0.4, 0.5) is 4.79 Å². The van der Waals surface area contributed by atoms with Crippen LogP contribution in [0.5, 0.6) is 0 Å². The summed E-state index contributed by atoms with van der Waals surface area (Å²) in [6, 6.07) is 14.7. The Kier molecular flexibility index (Phi) is 7.13. The van der Waals surface area contributed by atoms with Gasteiger partial charge >= 0.3 is 12.1 Å². The van der Waals surface area contributed by atoms with Crippen molar-refractivity contribution in [2.24, 2.45) is 0 Å². The second-order valence-corrected chi connectivity index (χ2v) is 7.81. The molecule has 0 saturated heterocycles. The summed E-state index contributed by atoms with van der Waals surface area (Å²) in [6.07, 6.45) is -1.73. The third-order valence-electron chi connectivity index (χ3n) is 4.74. The lowest BCUT2D eigenvalue weighted by atomic mass is 9.98. The first-order chi connectivity index (χ1) is 14.0. The molecule has 0 aromatic heterocycles. The number of carbonyl (C=O) groups is 2. The van der Waals surface area contributed by atoms with Crippen molar-refractivity contribution in [3.63, 3.8) is 0 Å². The first-order valence-electron chi connectivity index (χ1n) is 9.22. The molecule has 4 N–H and O–H groups in total. The van der Waals surface area contributed by atoms with Gasteiger partial charge in [0.25, 0.3) is 0 Å². The van der Waals surface area contributed by atoms with Crippen molar-refractivity contribution < 1.29 is 29.6 Å². The normalized spacial score (nSPS) is 14.6. The van der Waals surface area contributed by atoms with E-state index in [1.54, 1.807) is 0 Å². The number of aliphatic hydroxyl groups is 2. The fraction of sp³-hybridized carbons (Fsp3) is 0.333. The van der Waals surface area contributed by atoms with Crippen molar-refractivity contribution >= 4 is 23.8 Å². The van der Waals surface area contributed by atoms with Crippen molar-refractivity contribution in [1.82, 2.24) is 5.32 Å². The Balaban J connectivity index is 1.59. The van der Waals surface area contributed by atoms with Crippen molar-refractivity contribution in [1.29, 1.82) is 0 Å². The van der Waals surface area contributed by atoms with E-state index >= 15 is 0 Å². The summed E-state index contributed by atoms with van der Waals surface area (Å²) in [5.41, 5.74) is 4.37. The van der Waals surface area contributed by atoms with Gasteiger partial charge in [0.2, 0.25) is 0 Å². The molecule has 3 rings (SSSR count). The summed E-state index contributed by atoms with van der Waals surface area (Å²) in [4.78, 5) is 23.6. The molecule has 2 aromatic carbocycles. The minimum atomic E-state index is -1.19. The number of benzene rings is 2. The predicted octanol–water partition coefficient (Wildman–Crippen LogP) is 2.06. The molecular weight excluding hydrogens is 394 g/mol. The predicted molar refractivity (Wildman–Crippen MR) is 110 cm³/mol. The Morgan fingerprint density at radius 2 is 1.62 bits per heavy atom. The van der Waals surface area contributed by atoms with Gasteiger partial charge in [-0.15, -0.1) is 0 Å². The van der Waals surface area contributed by atoms with Crippen LogP contribution in [0.3, 0.4) is 0 Å². The molecule has 0 spiro atoms. The van der Waals surface area contributed by atoms with Crippen molar-refractivity contribution in [2.75, 3.05) is 24.7 Å². The van der Waals surface area contributed by atoms with Gasteiger partial charge < -0.3 is 25.4 Å². The van der Waals surface area contributed by atoms with Crippen LogP contribution in [0.25, 0.3) is 11.1 Å². The third-order valence-corrected chi connectivity index (χ3v) is 5.93. The highest BCUT2D eigenvalue weighted by molar-refractivity contribution is 7.99. The fourth-order valence-electron chi connectivity index (χ4n) is 3.33. The quantitative estimate of drug-likeness (QED) is 0.494. The van der Waals surface area contributed by atoms with Crippen LogP contribution in [-0.2, 0) is 9.53 Å². The standard InChI is InChI=1S/C21H23NO6S/c23-9-13(24)11-29-12-19(20(25)26)22-21(27)28-10-18-16-7-3-1-5-14(16)15-6-2-4-8-17(15)18/h1-8,13,18-19,23-24H,9-12H2,(H,22,27)(H,25,26)/t13-,19?/m1/s1. The van der Waals surface area contributed by atoms with Gasteiger partial charge in [-0.2, -0.15) is 11.8 Å². The van der Waals surface area contributed by atoms with E-state index in [9.17, 15) is 19.8 Å². The van der Waals surface area contributed by atoms with E-state index in [2.05, 4.69) is 5.32 Å². The number of carboxylic acids is 1. The number of ether oxygens (including phenoxy) is 1. The zero-order valence-electron chi connectivity index (χ0n) is 15.7. The van der Waals surface area contributed by atoms with E-state index < -0.39 is 30.8 Å². The number of fused-ring (bicyclic) bond motifs is 3. The summed E-state index contributed by atoms with van der Waals surface area (Å²) in [7, 11) is 0. The number of aliphatic carboxylic acids is 1. The van der Waals surface area contributed by atoms with Crippen LogP contribution in [0, 0.1) is 0 Å². The average Bonchev–Trinajstić information content (AvgIpc) is 3.05. The molecular formula is C21H23NO6S. The molecule has 2 aromatic rings. The van der Waals surface area contributed by atoms with E-state index in [1.165, 1.54) is 0 Å². The molecule has 29 heavy (non-hydrogen) atoms. The Bertz CT molecular complexity index is 828. The van der Waals surface area contributed by atoms with Gasteiger partial charge in [-0.25, -0.2) is 9.59 Å². The molecule has 2 atom stereocenters. The molecule has 8 heteroatoms. The Hall–Kier alpha value is -2.55. The zero-order valence-corrected chi connectivity index (χ0v) is 16.5. The van der Waals surface area contributed by atoms with Gasteiger partial charge in [0.05, 0.1) is 12.7 Å². The van der Waals surface area contributed by atoms with Crippen LogP contribution < -0.4 is 5.32 Å². The number of carbonyl (C=O) groups excluding carboxylic acids is 1. The molecule has 0 radical (unpaired) electrons. The van der Waals surface area contributed by atoms with Gasteiger partial charge in [0.15, 0.2) is 0 Å². The molecule has 0 aliphatic heterocycles. The van der Waals surface area contributed by atoms with Crippen LogP contribution in [-0.4, -0.2) is 64.2 Å². The van der Waals surface area contributed by atoms with E-state index in [0.717, 1.165) is 34.0 Å². The van der Waals surface area contributed by atoms with Crippen molar-refractivity contribution in [2.45, 2.75) is 18.1 Å². The summed E-state index contributed by atoms with van der Waals surface area (Å²) in [5.74, 6) is -1.07. The maximum absolute atomic E-state index is 12.2. The maximum Gasteiger partial charge on any atom is 0.407 e. The Morgan fingerprint density at radius 3 is 2.17 bits per heavy atom. The lowest BCUT2D eigenvalue weighted by Crippen LogP contribution is -2.43. The number of nitrogens with one attached hydrogen (secondary N) is 1. The first kappa shape index (κ1) is 21.2. The number of carboxylic acid groups (broad SMARTS) is 1. The van der Waals surface area contributed by atoms with Crippen LogP contribution in [0.2, 0.25) is 0 Å². The Morgan fingerprint density at radius 1 is 1.03 bits per heavy atom. The van der Waals surface area contributed by atoms with Gasteiger partial charge in [-0.3, -0.25) is 0 Å². The number of aliphatic hydroxyl groups excluding tert-OH is 2. The highest BCUT2D eigenvalue weighted by atomic mass is 32.2. The zero-order chi connectivity index (χ0) is 20.8. The molecule has 1 aliphatic rings. The van der Waals surface area contributed by atoms with Crippen LogP contribution in [0.1, 0.15) is 17.0 Å². The highest BCUT2D eigenvalue weighted by Crippen LogP contribution is 2.44. The lowest BCUT2D eigenvalue weighted by Gasteiger charge is -2.17. The van der Waals surface area contributed by atoms with Crippen molar-refractivity contribution in [3.05, 3.63) is 59.7 Å². The topological polar surface area (TPSA) is 116 Å². The van der Waals surface area contributed by atoms with Gasteiger partial charge in [-0.05, 0) is 22.3 Å². The molecule has 0 bridgehead atoms. The smallest absolute Gasteiger partial charge is 0.407 e. The van der Waals surface area contributed by atoms with Gasteiger partial charge in [0, 0.05) is 17.4 Å².